The molecule has 2 aromatic carbocycles. The lowest BCUT2D eigenvalue weighted by Gasteiger charge is -2.18. The Morgan fingerprint density at radius 3 is 2.67 bits per heavy atom. The maximum absolute atomic E-state index is 5.74. The van der Waals surface area contributed by atoms with Crippen molar-refractivity contribution in [1.82, 2.24) is 25.9 Å². The molecular formula is C19H19BrN6S. The van der Waals surface area contributed by atoms with Gasteiger partial charge in [0, 0.05) is 10.7 Å². The molecule has 0 aliphatic carbocycles. The second-order valence-electron chi connectivity index (χ2n) is 6.42. The van der Waals surface area contributed by atoms with Crippen molar-refractivity contribution < 1.29 is 0 Å². The number of halogens is 1. The minimum absolute atomic E-state index is 0.655. The SMILES string of the molecule is Cc1cccc(-n2[nH]cc(C3=NNNN3Cc3ccc(Br)cc3)c2=S)c1C. The van der Waals surface area contributed by atoms with Gasteiger partial charge in [0.2, 0.25) is 0 Å². The number of hydrazone groups is 1. The number of aryl methyl sites for hydroxylation is 1. The van der Waals surface area contributed by atoms with Crippen LogP contribution in [0.15, 0.2) is 58.2 Å². The van der Waals surface area contributed by atoms with E-state index in [1.54, 1.807) is 0 Å². The number of amidine groups is 1. The zero-order chi connectivity index (χ0) is 19.0. The Balaban J connectivity index is 1.65. The first-order chi connectivity index (χ1) is 13.0. The Kier molecular flexibility index (Phi) is 4.86. The van der Waals surface area contributed by atoms with E-state index >= 15 is 0 Å². The molecule has 1 aromatic heterocycles. The Morgan fingerprint density at radius 1 is 1.11 bits per heavy atom. The Labute approximate surface area is 170 Å². The van der Waals surface area contributed by atoms with Crippen LogP contribution >= 0.6 is 28.1 Å². The van der Waals surface area contributed by atoms with Crippen LogP contribution in [-0.2, 0) is 6.54 Å². The van der Waals surface area contributed by atoms with Crippen molar-refractivity contribution in [2.24, 2.45) is 5.10 Å². The summed E-state index contributed by atoms with van der Waals surface area (Å²) in [6, 6.07) is 14.4. The number of aromatic nitrogens is 2. The normalized spacial score (nSPS) is 13.6. The number of benzene rings is 2. The van der Waals surface area contributed by atoms with Crippen LogP contribution in [0.2, 0.25) is 0 Å². The first-order valence-electron chi connectivity index (χ1n) is 8.52. The molecule has 0 amide bonds. The van der Waals surface area contributed by atoms with Crippen LogP contribution in [0.5, 0.6) is 0 Å². The zero-order valence-electron chi connectivity index (χ0n) is 15.0. The van der Waals surface area contributed by atoms with E-state index in [2.05, 4.69) is 75.3 Å². The highest BCUT2D eigenvalue weighted by Gasteiger charge is 2.22. The molecule has 1 aliphatic heterocycles. The standard InChI is InChI=1S/C19H19BrN6S/c1-12-4-3-5-17(13(12)2)26-19(27)16(10-21-26)18-22-23-24-25(18)11-14-6-8-15(20)9-7-14/h3-10,21,23-24H,11H2,1-2H3. The monoisotopic (exact) mass is 442 g/mol. The van der Waals surface area contributed by atoms with E-state index < -0.39 is 0 Å². The molecular weight excluding hydrogens is 424 g/mol. The minimum Gasteiger partial charge on any atom is -0.299 e. The van der Waals surface area contributed by atoms with Crippen LogP contribution in [0.3, 0.4) is 0 Å². The van der Waals surface area contributed by atoms with Crippen molar-refractivity contribution in [2.75, 3.05) is 0 Å². The van der Waals surface area contributed by atoms with Crippen LogP contribution in [0.25, 0.3) is 5.69 Å². The molecule has 0 radical (unpaired) electrons. The summed E-state index contributed by atoms with van der Waals surface area (Å²) in [7, 11) is 0. The largest absolute Gasteiger partial charge is 0.299 e. The van der Waals surface area contributed by atoms with Gasteiger partial charge in [-0.3, -0.25) is 10.1 Å². The number of nitrogens with one attached hydrogen (secondary N) is 3. The topological polar surface area (TPSA) is 60.4 Å². The molecule has 2 heterocycles. The van der Waals surface area contributed by atoms with Gasteiger partial charge in [-0.15, -0.1) is 10.6 Å². The van der Waals surface area contributed by atoms with Crippen molar-refractivity contribution in [3.05, 3.63) is 80.0 Å². The van der Waals surface area contributed by atoms with Crippen LogP contribution in [0.1, 0.15) is 22.3 Å². The lowest BCUT2D eigenvalue weighted by Crippen LogP contribution is -2.40. The molecule has 1 aliphatic rings. The minimum atomic E-state index is 0.655. The lowest BCUT2D eigenvalue weighted by molar-refractivity contribution is 0.288. The van der Waals surface area contributed by atoms with Crippen LogP contribution in [0.4, 0.5) is 0 Å². The Hall–Kier alpha value is -2.42. The van der Waals surface area contributed by atoms with E-state index in [1.165, 1.54) is 11.1 Å². The molecule has 8 heteroatoms. The van der Waals surface area contributed by atoms with E-state index in [0.29, 0.717) is 11.2 Å². The second kappa shape index (κ2) is 7.30. The van der Waals surface area contributed by atoms with Gasteiger partial charge in [-0.05, 0) is 48.7 Å². The van der Waals surface area contributed by atoms with Gasteiger partial charge < -0.3 is 0 Å². The third kappa shape index (κ3) is 3.43. The summed E-state index contributed by atoms with van der Waals surface area (Å²) < 4.78 is 3.67. The number of H-pyrrole nitrogens is 1. The first kappa shape index (κ1) is 18.0. The predicted molar refractivity (Wildman–Crippen MR) is 113 cm³/mol. The molecule has 0 unspecified atom stereocenters. The van der Waals surface area contributed by atoms with Crippen molar-refractivity contribution >= 4 is 34.0 Å². The first-order valence-corrected chi connectivity index (χ1v) is 9.72. The molecule has 0 saturated heterocycles. The molecule has 0 spiro atoms. The fourth-order valence-corrected chi connectivity index (χ4v) is 3.60. The molecule has 6 nitrogen and oxygen atoms in total. The van der Waals surface area contributed by atoms with Gasteiger partial charge in [0.05, 0.1) is 17.8 Å². The van der Waals surface area contributed by atoms with E-state index in [9.17, 15) is 0 Å². The van der Waals surface area contributed by atoms with Crippen molar-refractivity contribution in [2.45, 2.75) is 20.4 Å². The molecule has 0 fully saturated rings. The van der Waals surface area contributed by atoms with Crippen LogP contribution in [0, 0.1) is 18.5 Å². The van der Waals surface area contributed by atoms with Crippen LogP contribution < -0.4 is 11.1 Å². The smallest absolute Gasteiger partial charge is 0.177 e. The highest BCUT2D eigenvalue weighted by atomic mass is 79.9. The fraction of sp³-hybridized carbons (Fsp3) is 0.158. The quantitative estimate of drug-likeness (QED) is 0.532. The molecule has 0 bridgehead atoms. The van der Waals surface area contributed by atoms with E-state index in [-0.39, 0.29) is 0 Å². The van der Waals surface area contributed by atoms with E-state index in [1.807, 2.05) is 34.1 Å². The summed E-state index contributed by atoms with van der Waals surface area (Å²) in [6.07, 6.45) is 1.90. The molecule has 3 N–H and O–H groups in total. The van der Waals surface area contributed by atoms with Gasteiger partial charge in [0.1, 0.15) is 4.64 Å². The van der Waals surface area contributed by atoms with E-state index in [0.717, 1.165) is 27.1 Å². The average molecular weight is 443 g/mol. The van der Waals surface area contributed by atoms with Crippen molar-refractivity contribution in [1.29, 1.82) is 0 Å². The van der Waals surface area contributed by atoms with Crippen molar-refractivity contribution in [3.8, 4) is 5.69 Å². The Bertz CT molecular complexity index is 1070. The predicted octanol–water partition coefficient (Wildman–Crippen LogP) is 4.10. The number of nitrogens with zero attached hydrogens (tertiary/aromatic N) is 3. The molecule has 3 aromatic rings. The van der Waals surface area contributed by atoms with E-state index in [4.69, 9.17) is 12.2 Å². The average Bonchev–Trinajstić information content (AvgIpc) is 3.26. The zero-order valence-corrected chi connectivity index (χ0v) is 17.4. The number of hydrogen-bond donors (Lipinski definition) is 3. The molecule has 4 rings (SSSR count). The van der Waals surface area contributed by atoms with Crippen molar-refractivity contribution in [3.63, 3.8) is 0 Å². The third-order valence-corrected chi connectivity index (χ3v) is 5.62. The highest BCUT2D eigenvalue weighted by molar-refractivity contribution is 9.10. The van der Waals surface area contributed by atoms with Gasteiger partial charge in [0.25, 0.3) is 0 Å². The summed E-state index contributed by atoms with van der Waals surface area (Å²) in [6.45, 7) is 4.85. The highest BCUT2D eigenvalue weighted by Crippen LogP contribution is 2.20. The summed E-state index contributed by atoms with van der Waals surface area (Å²) in [5, 5.41) is 9.59. The maximum atomic E-state index is 5.74. The Morgan fingerprint density at radius 2 is 1.89 bits per heavy atom. The van der Waals surface area contributed by atoms with Gasteiger partial charge in [-0.25, -0.2) is 10.2 Å². The second-order valence-corrected chi connectivity index (χ2v) is 7.72. The summed E-state index contributed by atoms with van der Waals surface area (Å²) in [4.78, 5) is 0. The molecule has 0 saturated carbocycles. The summed E-state index contributed by atoms with van der Waals surface area (Å²) in [5.74, 6) is 0.753. The molecule has 0 atom stereocenters. The molecule has 138 valence electrons. The van der Waals surface area contributed by atoms with Gasteiger partial charge in [0.15, 0.2) is 5.84 Å². The summed E-state index contributed by atoms with van der Waals surface area (Å²) >= 11 is 9.21. The van der Waals surface area contributed by atoms with Gasteiger partial charge in [-0.1, -0.05) is 52.4 Å². The fourth-order valence-electron chi connectivity index (χ4n) is 3.03. The number of aromatic amines is 1. The third-order valence-electron chi connectivity index (χ3n) is 4.69. The maximum Gasteiger partial charge on any atom is 0.177 e. The number of rotatable bonds is 4. The number of hydrogen-bond acceptors (Lipinski definition) is 5. The van der Waals surface area contributed by atoms with Crippen LogP contribution in [-0.4, -0.2) is 20.6 Å². The summed E-state index contributed by atoms with van der Waals surface area (Å²) in [5.41, 5.74) is 11.4. The number of hydrazine groups is 2. The van der Waals surface area contributed by atoms with Gasteiger partial charge in [-0.2, -0.15) is 0 Å². The lowest BCUT2D eigenvalue weighted by atomic mass is 10.1. The van der Waals surface area contributed by atoms with Gasteiger partial charge >= 0.3 is 0 Å². The molecule has 27 heavy (non-hydrogen) atoms.